The number of hydrogen-bond acceptors (Lipinski definition) is 3. The Morgan fingerprint density at radius 1 is 0.955 bits per heavy atom. The normalized spacial score (nSPS) is 11.1. The number of nitrogens with one attached hydrogen (secondary N) is 1. The van der Waals surface area contributed by atoms with Crippen LogP contribution in [0.3, 0.4) is 0 Å². The van der Waals surface area contributed by atoms with Gasteiger partial charge in [0.1, 0.15) is 0 Å². The molecule has 2 rings (SSSR count). The number of aryl methyl sites for hydroxylation is 1. The lowest BCUT2D eigenvalue weighted by atomic mass is 10.1. The maximum Gasteiger partial charge on any atom is 0.326 e. The van der Waals surface area contributed by atoms with Crippen molar-refractivity contribution in [1.29, 1.82) is 0 Å². The van der Waals surface area contributed by atoms with E-state index in [-0.39, 0.29) is 5.97 Å². The minimum Gasteiger partial charge on any atom is -0.516 e. The van der Waals surface area contributed by atoms with E-state index >= 15 is 0 Å². The third-order valence-corrected chi connectivity index (χ3v) is 4.22. The Kier molecular flexibility index (Phi) is 4.71. The highest BCUT2D eigenvalue weighted by atomic mass is 28.4. The number of carbonyl (C=O) groups is 1. The Morgan fingerprint density at radius 3 is 2.27 bits per heavy atom. The zero-order valence-electron chi connectivity index (χ0n) is 13.9. The van der Waals surface area contributed by atoms with Gasteiger partial charge >= 0.3 is 5.97 Å². The number of rotatable bonds is 4. The number of hydrogen-bond donors (Lipinski definition) is 1. The highest BCUT2D eigenvalue weighted by Gasteiger charge is 2.22. The molecule has 4 heteroatoms. The summed E-state index contributed by atoms with van der Waals surface area (Å²) >= 11 is 0. The van der Waals surface area contributed by atoms with Gasteiger partial charge in [0.25, 0.3) is 0 Å². The van der Waals surface area contributed by atoms with Crippen molar-refractivity contribution in [2.45, 2.75) is 33.5 Å². The van der Waals surface area contributed by atoms with Gasteiger partial charge in [0.05, 0.1) is 11.3 Å². The summed E-state index contributed by atoms with van der Waals surface area (Å²) in [6.45, 7) is 10.2. The topological polar surface area (TPSA) is 38.3 Å². The Hall–Kier alpha value is -2.07. The van der Waals surface area contributed by atoms with Crippen LogP contribution in [0.1, 0.15) is 21.5 Å². The summed E-state index contributed by atoms with van der Waals surface area (Å²) in [6, 6.07) is 13.6. The average Bonchev–Trinajstić information content (AvgIpc) is 2.42. The molecule has 2 aromatic rings. The third-order valence-electron chi connectivity index (χ3n) is 3.42. The summed E-state index contributed by atoms with van der Waals surface area (Å²) in [5.74, 6) is -0.257. The van der Waals surface area contributed by atoms with Crippen molar-refractivity contribution in [3.05, 3.63) is 59.2 Å². The van der Waals surface area contributed by atoms with Crippen molar-refractivity contribution < 1.29 is 9.22 Å². The molecule has 0 unspecified atom stereocenters. The first-order valence-corrected chi connectivity index (χ1v) is 10.8. The second kappa shape index (κ2) is 6.36. The Morgan fingerprint density at radius 2 is 1.59 bits per heavy atom. The van der Waals surface area contributed by atoms with E-state index in [0.29, 0.717) is 5.56 Å². The Bertz CT molecular complexity index is 690. The van der Waals surface area contributed by atoms with E-state index in [0.717, 1.165) is 11.4 Å². The lowest BCUT2D eigenvalue weighted by molar-refractivity contribution is 0.0725. The first kappa shape index (κ1) is 16.3. The monoisotopic (exact) mass is 313 g/mol. The van der Waals surface area contributed by atoms with E-state index < -0.39 is 8.32 Å². The molecule has 0 heterocycles. The lowest BCUT2D eigenvalue weighted by Crippen LogP contribution is -2.29. The van der Waals surface area contributed by atoms with Gasteiger partial charge in [0.2, 0.25) is 8.32 Å². The predicted octanol–water partition coefficient (Wildman–Crippen LogP) is 5.04. The first-order valence-electron chi connectivity index (χ1n) is 7.43. The van der Waals surface area contributed by atoms with E-state index in [9.17, 15) is 4.79 Å². The number of carbonyl (C=O) groups excluding carboxylic acids is 1. The zero-order valence-corrected chi connectivity index (χ0v) is 14.9. The van der Waals surface area contributed by atoms with Crippen LogP contribution in [0.15, 0.2) is 42.5 Å². The largest absolute Gasteiger partial charge is 0.516 e. The molecule has 116 valence electrons. The van der Waals surface area contributed by atoms with E-state index in [1.807, 2.05) is 50.0 Å². The second-order valence-corrected chi connectivity index (χ2v) is 10.8. The van der Waals surface area contributed by atoms with Gasteiger partial charge in [-0.25, -0.2) is 4.79 Å². The van der Waals surface area contributed by atoms with Crippen molar-refractivity contribution in [2.24, 2.45) is 0 Å². The molecule has 0 radical (unpaired) electrons. The fourth-order valence-electron chi connectivity index (χ4n) is 2.13. The van der Waals surface area contributed by atoms with E-state index in [1.165, 1.54) is 11.1 Å². The van der Waals surface area contributed by atoms with Crippen molar-refractivity contribution in [3.63, 3.8) is 0 Å². The molecule has 0 bridgehead atoms. The maximum absolute atomic E-state index is 12.4. The van der Waals surface area contributed by atoms with Gasteiger partial charge in [0, 0.05) is 5.69 Å². The molecule has 3 nitrogen and oxygen atoms in total. The van der Waals surface area contributed by atoms with E-state index in [2.05, 4.69) is 25.2 Å². The van der Waals surface area contributed by atoms with Gasteiger partial charge in [-0.1, -0.05) is 24.3 Å². The molecule has 22 heavy (non-hydrogen) atoms. The molecule has 0 spiro atoms. The zero-order chi connectivity index (χ0) is 16.3. The summed E-state index contributed by atoms with van der Waals surface area (Å²) in [6.07, 6.45) is 0. The Balaban J connectivity index is 2.33. The Labute approximate surface area is 133 Å². The van der Waals surface area contributed by atoms with Gasteiger partial charge < -0.3 is 9.74 Å². The second-order valence-electron chi connectivity index (χ2n) is 6.42. The summed E-state index contributed by atoms with van der Waals surface area (Å²) in [4.78, 5) is 12.4. The fourth-order valence-corrected chi connectivity index (χ4v) is 2.80. The average molecular weight is 313 g/mol. The molecular weight excluding hydrogens is 290 g/mol. The van der Waals surface area contributed by atoms with Crippen LogP contribution in [0.5, 0.6) is 0 Å². The molecule has 0 atom stereocenters. The van der Waals surface area contributed by atoms with Crippen molar-refractivity contribution >= 4 is 25.7 Å². The highest BCUT2D eigenvalue weighted by molar-refractivity contribution is 6.71. The number of para-hydroxylation sites is 1. The summed E-state index contributed by atoms with van der Waals surface area (Å²) in [5, 5.41) is 3.36. The number of anilines is 2. The summed E-state index contributed by atoms with van der Waals surface area (Å²) < 4.78 is 5.62. The van der Waals surface area contributed by atoms with Gasteiger partial charge in [-0.3, -0.25) is 0 Å². The molecule has 0 amide bonds. The molecule has 0 aliphatic rings. The fraction of sp³-hybridized carbons (Fsp3) is 0.278. The predicted molar refractivity (Wildman–Crippen MR) is 94.4 cm³/mol. The molecular formula is C18H23NO2Si. The van der Waals surface area contributed by atoms with E-state index in [4.69, 9.17) is 4.43 Å². The minimum absolute atomic E-state index is 0.257. The van der Waals surface area contributed by atoms with Gasteiger partial charge in [-0.15, -0.1) is 0 Å². The van der Waals surface area contributed by atoms with Crippen molar-refractivity contribution in [2.75, 3.05) is 5.32 Å². The van der Waals surface area contributed by atoms with Crippen molar-refractivity contribution in [1.82, 2.24) is 0 Å². The molecule has 0 aliphatic heterocycles. The van der Waals surface area contributed by atoms with Crippen LogP contribution in [0.4, 0.5) is 11.4 Å². The molecule has 0 aromatic heterocycles. The first-order chi connectivity index (χ1) is 10.3. The molecule has 2 aromatic carbocycles. The van der Waals surface area contributed by atoms with Gasteiger partial charge in [-0.2, -0.15) is 0 Å². The lowest BCUT2D eigenvalue weighted by Gasteiger charge is -2.19. The molecule has 1 N–H and O–H groups in total. The van der Waals surface area contributed by atoms with E-state index in [1.54, 1.807) is 6.07 Å². The quantitative estimate of drug-likeness (QED) is 0.804. The van der Waals surface area contributed by atoms with Gasteiger partial charge in [0.15, 0.2) is 0 Å². The van der Waals surface area contributed by atoms with Crippen LogP contribution in [-0.4, -0.2) is 14.3 Å². The van der Waals surface area contributed by atoms with Crippen LogP contribution in [-0.2, 0) is 4.43 Å². The summed E-state index contributed by atoms with van der Waals surface area (Å²) in [7, 11) is -1.92. The van der Waals surface area contributed by atoms with Crippen LogP contribution in [0, 0.1) is 13.8 Å². The number of benzene rings is 2. The molecule has 0 aliphatic carbocycles. The molecule has 0 fully saturated rings. The van der Waals surface area contributed by atoms with Crippen LogP contribution >= 0.6 is 0 Å². The van der Waals surface area contributed by atoms with Crippen LogP contribution < -0.4 is 5.32 Å². The summed E-state index contributed by atoms with van der Waals surface area (Å²) in [5.41, 5.74) is 4.75. The SMILES string of the molecule is Cc1cccc(Nc2ccccc2C(=O)O[Si](C)(C)C)c1C. The standard InChI is InChI=1S/C18H23NO2Si/c1-13-9-8-12-16(14(13)2)19-17-11-7-6-10-15(17)18(20)21-22(3,4)5/h6-12,19H,1-5H3. The maximum atomic E-state index is 12.4. The molecule has 0 saturated carbocycles. The highest BCUT2D eigenvalue weighted by Crippen LogP contribution is 2.26. The molecule has 0 saturated heterocycles. The van der Waals surface area contributed by atoms with Crippen molar-refractivity contribution in [3.8, 4) is 0 Å². The van der Waals surface area contributed by atoms with Crippen LogP contribution in [0.2, 0.25) is 19.6 Å². The smallest absolute Gasteiger partial charge is 0.326 e. The third kappa shape index (κ3) is 3.98. The van der Waals surface area contributed by atoms with Crippen LogP contribution in [0.25, 0.3) is 0 Å². The minimum atomic E-state index is -1.92. The van der Waals surface area contributed by atoms with Gasteiger partial charge in [-0.05, 0) is 62.8 Å².